The molecule has 0 saturated carbocycles. The highest BCUT2D eigenvalue weighted by atomic mass is 31.2. The third-order valence-electron chi connectivity index (χ3n) is 3.90. The molecule has 5 atom stereocenters. The zero-order valence-electron chi connectivity index (χ0n) is 18.4. The van der Waals surface area contributed by atoms with Gasteiger partial charge in [-0.2, -0.15) is 0 Å². The van der Waals surface area contributed by atoms with Gasteiger partial charge in [0.05, 0.1) is 13.2 Å². The SMILES string of the molecule is CCOP(=O)(OCC)[C@H]1O[C@H](COC(C)=O)[C@@H](OC(C)=O)[C@H](OC(C)=O)[C@H]1OC(C)=O. The maximum atomic E-state index is 13.5. The molecule has 0 bridgehead atoms. The van der Waals surface area contributed by atoms with Crippen molar-refractivity contribution in [2.24, 2.45) is 0 Å². The van der Waals surface area contributed by atoms with E-state index in [0.29, 0.717) is 0 Å². The Morgan fingerprint density at radius 2 is 1.19 bits per heavy atom. The fourth-order valence-electron chi connectivity index (χ4n) is 3.00. The standard InChI is InChI=1S/C18H29O12P/c1-7-25-31(23,26-8-2)18-17(29-13(6)22)16(28-12(5)21)15(27-11(4)20)14(30-18)9-24-10(3)19/h14-18H,7-9H2,1-6H3/t14-,15-,16+,17-,18-/m1/s1. The highest BCUT2D eigenvalue weighted by Gasteiger charge is 2.58. The highest BCUT2D eigenvalue weighted by Crippen LogP contribution is 2.57. The Morgan fingerprint density at radius 1 is 0.742 bits per heavy atom. The predicted octanol–water partition coefficient (Wildman–Crippen LogP) is 1.34. The topological polar surface area (TPSA) is 150 Å². The molecule has 1 aliphatic rings. The van der Waals surface area contributed by atoms with Crippen LogP contribution >= 0.6 is 7.60 Å². The van der Waals surface area contributed by atoms with Crippen LogP contribution in [-0.2, 0) is 56.5 Å². The summed E-state index contributed by atoms with van der Waals surface area (Å²) in [5.74, 6) is -4.60. The molecule has 0 N–H and O–H groups in total. The molecular weight excluding hydrogens is 439 g/mol. The monoisotopic (exact) mass is 468 g/mol. The van der Waals surface area contributed by atoms with Crippen LogP contribution in [0.1, 0.15) is 41.5 Å². The minimum Gasteiger partial charge on any atom is -0.463 e. The summed E-state index contributed by atoms with van der Waals surface area (Å²) >= 11 is 0. The lowest BCUT2D eigenvalue weighted by atomic mass is 9.99. The molecule has 1 saturated heterocycles. The van der Waals surface area contributed by atoms with E-state index in [0.717, 1.165) is 27.7 Å². The van der Waals surface area contributed by atoms with Gasteiger partial charge in [-0.25, -0.2) is 0 Å². The predicted molar refractivity (Wildman–Crippen MR) is 103 cm³/mol. The van der Waals surface area contributed by atoms with E-state index in [-0.39, 0.29) is 13.2 Å². The van der Waals surface area contributed by atoms with Crippen LogP contribution in [0, 0.1) is 0 Å². The number of rotatable bonds is 10. The second kappa shape index (κ2) is 12.1. The fourth-order valence-corrected chi connectivity index (χ4v) is 4.99. The molecule has 0 aliphatic carbocycles. The van der Waals surface area contributed by atoms with Crippen molar-refractivity contribution in [3.05, 3.63) is 0 Å². The minimum atomic E-state index is -4.11. The summed E-state index contributed by atoms with van der Waals surface area (Å²) in [4.78, 5) is 46.6. The Balaban J connectivity index is 3.55. The average Bonchev–Trinajstić information content (AvgIpc) is 2.62. The Bertz CT molecular complexity index is 698. The van der Waals surface area contributed by atoms with Crippen LogP contribution in [0.3, 0.4) is 0 Å². The lowest BCUT2D eigenvalue weighted by Crippen LogP contribution is -2.62. The largest absolute Gasteiger partial charge is 0.463 e. The Labute approximate surface area is 180 Å². The smallest absolute Gasteiger partial charge is 0.363 e. The first kappa shape index (κ1) is 27.0. The number of hydrogen-bond donors (Lipinski definition) is 0. The van der Waals surface area contributed by atoms with Gasteiger partial charge in [-0.3, -0.25) is 23.7 Å². The van der Waals surface area contributed by atoms with Crippen molar-refractivity contribution >= 4 is 31.5 Å². The fraction of sp³-hybridized carbons (Fsp3) is 0.778. The Morgan fingerprint density at radius 3 is 1.61 bits per heavy atom. The minimum absolute atomic E-state index is 0.0376. The highest BCUT2D eigenvalue weighted by molar-refractivity contribution is 7.54. The third-order valence-corrected chi connectivity index (χ3v) is 6.17. The first-order valence-corrected chi connectivity index (χ1v) is 11.3. The van der Waals surface area contributed by atoms with Crippen molar-refractivity contribution in [3.8, 4) is 0 Å². The van der Waals surface area contributed by atoms with Crippen molar-refractivity contribution in [2.75, 3.05) is 19.8 Å². The molecule has 0 unspecified atom stereocenters. The second-order valence-corrected chi connectivity index (χ2v) is 8.57. The van der Waals surface area contributed by atoms with E-state index in [4.69, 9.17) is 32.7 Å². The van der Waals surface area contributed by atoms with Crippen LogP contribution in [0.4, 0.5) is 0 Å². The van der Waals surface area contributed by atoms with Crippen molar-refractivity contribution in [3.63, 3.8) is 0 Å². The lowest BCUT2D eigenvalue weighted by molar-refractivity contribution is -0.241. The number of hydrogen-bond acceptors (Lipinski definition) is 12. The maximum absolute atomic E-state index is 13.5. The summed E-state index contributed by atoms with van der Waals surface area (Å²) in [7, 11) is -4.11. The van der Waals surface area contributed by atoms with Crippen molar-refractivity contribution < 1.29 is 56.5 Å². The molecule has 1 aliphatic heterocycles. The van der Waals surface area contributed by atoms with Gasteiger partial charge in [-0.05, 0) is 13.8 Å². The summed E-state index contributed by atoms with van der Waals surface area (Å²) in [6, 6.07) is 0. The van der Waals surface area contributed by atoms with E-state index in [1.165, 1.54) is 0 Å². The van der Waals surface area contributed by atoms with Crippen LogP contribution in [0.25, 0.3) is 0 Å². The van der Waals surface area contributed by atoms with Crippen LogP contribution in [0.2, 0.25) is 0 Å². The van der Waals surface area contributed by atoms with E-state index in [9.17, 15) is 23.7 Å². The quantitative estimate of drug-likeness (QED) is 0.258. The molecule has 0 spiro atoms. The molecule has 1 fully saturated rings. The van der Waals surface area contributed by atoms with Crippen LogP contribution in [-0.4, -0.2) is 74.0 Å². The van der Waals surface area contributed by atoms with Crippen LogP contribution < -0.4 is 0 Å². The van der Waals surface area contributed by atoms with Gasteiger partial charge in [-0.15, -0.1) is 0 Å². The molecular formula is C18H29O12P. The van der Waals surface area contributed by atoms with Crippen molar-refractivity contribution in [2.45, 2.75) is 71.8 Å². The van der Waals surface area contributed by atoms with Crippen molar-refractivity contribution in [1.82, 2.24) is 0 Å². The molecule has 12 nitrogen and oxygen atoms in total. The molecule has 0 aromatic rings. The molecule has 0 aromatic heterocycles. The third kappa shape index (κ3) is 7.88. The Kier molecular flexibility index (Phi) is 10.6. The van der Waals surface area contributed by atoms with E-state index < -0.39 is 68.3 Å². The van der Waals surface area contributed by atoms with Gasteiger partial charge in [0.25, 0.3) is 0 Å². The van der Waals surface area contributed by atoms with Gasteiger partial charge < -0.3 is 32.7 Å². The number of carbonyl (C=O) groups excluding carboxylic acids is 4. The van der Waals surface area contributed by atoms with Crippen LogP contribution in [0.15, 0.2) is 0 Å². The zero-order valence-corrected chi connectivity index (χ0v) is 19.2. The number of esters is 4. The second-order valence-electron chi connectivity index (χ2n) is 6.47. The summed E-state index contributed by atoms with van der Waals surface area (Å²) in [6.45, 7) is 7.05. The summed E-state index contributed by atoms with van der Waals surface area (Å²) in [5, 5.41) is 0. The van der Waals surface area contributed by atoms with Gasteiger partial charge in [0.2, 0.25) is 0 Å². The van der Waals surface area contributed by atoms with E-state index in [2.05, 4.69) is 0 Å². The zero-order chi connectivity index (χ0) is 23.8. The summed E-state index contributed by atoms with van der Waals surface area (Å²) in [6.07, 6.45) is -5.54. The molecule has 1 heterocycles. The molecule has 13 heteroatoms. The average molecular weight is 468 g/mol. The maximum Gasteiger partial charge on any atom is 0.363 e. The van der Waals surface area contributed by atoms with Crippen molar-refractivity contribution in [1.29, 1.82) is 0 Å². The first-order chi connectivity index (χ1) is 14.4. The molecule has 1 rings (SSSR count). The van der Waals surface area contributed by atoms with E-state index >= 15 is 0 Å². The van der Waals surface area contributed by atoms with Gasteiger partial charge in [0, 0.05) is 27.7 Å². The van der Waals surface area contributed by atoms with Gasteiger partial charge in [0.1, 0.15) is 12.7 Å². The van der Waals surface area contributed by atoms with Gasteiger partial charge in [-0.1, -0.05) is 0 Å². The Hall–Kier alpha value is -2.01. The molecule has 0 radical (unpaired) electrons. The van der Waals surface area contributed by atoms with Gasteiger partial charge >= 0.3 is 31.5 Å². The molecule has 178 valence electrons. The van der Waals surface area contributed by atoms with E-state index in [1.807, 2.05) is 0 Å². The van der Waals surface area contributed by atoms with Crippen LogP contribution in [0.5, 0.6) is 0 Å². The number of ether oxygens (including phenoxy) is 5. The summed E-state index contributed by atoms with van der Waals surface area (Å²) in [5.41, 5.74) is 0. The van der Waals surface area contributed by atoms with E-state index in [1.54, 1.807) is 13.8 Å². The lowest BCUT2D eigenvalue weighted by Gasteiger charge is -2.45. The summed E-state index contributed by atoms with van der Waals surface area (Å²) < 4.78 is 50.7. The molecule has 0 amide bonds. The normalized spacial score (nSPS) is 25.9. The van der Waals surface area contributed by atoms with Gasteiger partial charge in [0.15, 0.2) is 24.2 Å². The number of carbonyl (C=O) groups is 4. The molecule has 31 heavy (non-hydrogen) atoms. The molecule has 0 aromatic carbocycles. The first-order valence-electron chi connectivity index (χ1n) is 9.64.